The Bertz CT molecular complexity index is 937. The van der Waals surface area contributed by atoms with E-state index in [0.717, 1.165) is 35.9 Å². The minimum atomic E-state index is -0.333. The summed E-state index contributed by atoms with van der Waals surface area (Å²) in [6.45, 7) is 4.82. The Morgan fingerprint density at radius 1 is 1.22 bits per heavy atom. The van der Waals surface area contributed by atoms with Crippen molar-refractivity contribution in [2.75, 3.05) is 36.5 Å². The summed E-state index contributed by atoms with van der Waals surface area (Å²) in [5.74, 6) is 0.415. The topological polar surface area (TPSA) is 93.1 Å². The third-order valence-electron chi connectivity index (χ3n) is 4.23. The van der Waals surface area contributed by atoms with Crippen LogP contribution in [0.15, 0.2) is 35.8 Å². The number of amides is 1. The summed E-state index contributed by atoms with van der Waals surface area (Å²) in [6, 6.07) is 7.30. The number of carbonyl (C=O) groups excluding carboxylic acids is 1. The zero-order valence-corrected chi connectivity index (χ0v) is 15.6. The van der Waals surface area contributed by atoms with Crippen molar-refractivity contribution in [2.45, 2.75) is 6.92 Å². The fourth-order valence-corrected chi connectivity index (χ4v) is 3.48. The molecule has 1 fully saturated rings. The quantitative estimate of drug-likeness (QED) is 0.740. The molecule has 0 spiro atoms. The molecule has 0 aliphatic carbocycles. The van der Waals surface area contributed by atoms with Gasteiger partial charge in [-0.05, 0) is 31.2 Å². The molecule has 4 rings (SSSR count). The Morgan fingerprint density at radius 2 is 2.07 bits per heavy atom. The lowest BCUT2D eigenvalue weighted by atomic mass is 10.1. The molecule has 1 saturated heterocycles. The highest BCUT2D eigenvalue weighted by molar-refractivity contribution is 7.14. The van der Waals surface area contributed by atoms with E-state index >= 15 is 0 Å². The molecule has 1 aliphatic heterocycles. The number of hydrogen-bond donors (Lipinski definition) is 1. The molecule has 3 aromatic rings. The molecule has 0 unspecified atom stereocenters. The molecule has 1 amide bonds. The van der Waals surface area contributed by atoms with Gasteiger partial charge in [-0.2, -0.15) is 0 Å². The van der Waals surface area contributed by atoms with E-state index in [1.54, 1.807) is 18.3 Å². The minimum Gasteiger partial charge on any atom is -0.378 e. The van der Waals surface area contributed by atoms with Gasteiger partial charge in [-0.3, -0.25) is 15.1 Å². The molecular weight excluding hydrogens is 364 g/mol. The Labute approximate surface area is 160 Å². The monoisotopic (exact) mass is 382 g/mol. The summed E-state index contributed by atoms with van der Waals surface area (Å²) in [7, 11) is 0. The largest absolute Gasteiger partial charge is 0.378 e. The van der Waals surface area contributed by atoms with Gasteiger partial charge in [0.2, 0.25) is 0 Å². The first-order chi connectivity index (χ1) is 13.2. The van der Waals surface area contributed by atoms with Crippen molar-refractivity contribution < 1.29 is 9.53 Å². The number of carbonyl (C=O) groups is 1. The van der Waals surface area contributed by atoms with Gasteiger partial charge in [0.1, 0.15) is 0 Å². The Kier molecular flexibility index (Phi) is 5.03. The zero-order chi connectivity index (χ0) is 18.6. The number of rotatable bonds is 4. The lowest BCUT2D eigenvalue weighted by Crippen LogP contribution is -2.37. The van der Waals surface area contributed by atoms with E-state index in [1.807, 2.05) is 24.4 Å². The summed E-state index contributed by atoms with van der Waals surface area (Å²) in [5, 5.41) is 13.4. The van der Waals surface area contributed by atoms with Crippen molar-refractivity contribution in [3.05, 3.63) is 47.2 Å². The summed E-state index contributed by atoms with van der Waals surface area (Å²) in [6.07, 6.45) is 1.74. The predicted octanol–water partition coefficient (Wildman–Crippen LogP) is 2.39. The normalized spacial score (nSPS) is 14.2. The van der Waals surface area contributed by atoms with E-state index in [2.05, 4.69) is 30.4 Å². The summed E-state index contributed by atoms with van der Waals surface area (Å²) in [4.78, 5) is 23.2. The average molecular weight is 382 g/mol. The molecule has 138 valence electrons. The molecule has 0 radical (unpaired) electrons. The van der Waals surface area contributed by atoms with Gasteiger partial charge in [0.05, 0.1) is 18.9 Å². The number of thiazole rings is 1. The Morgan fingerprint density at radius 3 is 2.81 bits per heavy atom. The summed E-state index contributed by atoms with van der Waals surface area (Å²) < 4.78 is 5.33. The van der Waals surface area contributed by atoms with Crippen LogP contribution in [-0.4, -0.2) is 52.4 Å². The van der Waals surface area contributed by atoms with Crippen molar-refractivity contribution in [2.24, 2.45) is 0 Å². The number of ether oxygens (including phenoxy) is 1. The van der Waals surface area contributed by atoms with E-state index in [9.17, 15) is 4.79 Å². The zero-order valence-electron chi connectivity index (χ0n) is 14.8. The van der Waals surface area contributed by atoms with Gasteiger partial charge in [-0.1, -0.05) is 0 Å². The summed E-state index contributed by atoms with van der Waals surface area (Å²) >= 11 is 1.36. The van der Waals surface area contributed by atoms with Crippen molar-refractivity contribution in [1.29, 1.82) is 0 Å². The molecule has 0 atom stereocenters. The fraction of sp³-hybridized carbons (Fsp3) is 0.278. The van der Waals surface area contributed by atoms with Crippen LogP contribution in [0.5, 0.6) is 0 Å². The second kappa shape index (κ2) is 7.77. The molecule has 9 heteroatoms. The number of nitrogens with one attached hydrogen (secondary N) is 1. The third kappa shape index (κ3) is 3.93. The maximum absolute atomic E-state index is 12.4. The number of pyridine rings is 1. The molecule has 27 heavy (non-hydrogen) atoms. The second-order valence-corrected chi connectivity index (χ2v) is 6.86. The van der Waals surface area contributed by atoms with Gasteiger partial charge < -0.3 is 9.64 Å². The third-order valence-corrected chi connectivity index (χ3v) is 4.98. The van der Waals surface area contributed by atoms with Gasteiger partial charge in [-0.15, -0.1) is 21.5 Å². The Hall–Kier alpha value is -2.91. The Balaban J connectivity index is 1.44. The van der Waals surface area contributed by atoms with Crippen LogP contribution in [0.4, 0.5) is 10.9 Å². The van der Waals surface area contributed by atoms with Crippen LogP contribution < -0.4 is 10.2 Å². The molecule has 1 aliphatic rings. The fourth-order valence-electron chi connectivity index (χ4n) is 2.78. The van der Waals surface area contributed by atoms with Crippen LogP contribution >= 0.6 is 11.3 Å². The number of morpholine rings is 1. The van der Waals surface area contributed by atoms with Gasteiger partial charge in [0, 0.05) is 35.9 Å². The van der Waals surface area contributed by atoms with Crippen molar-refractivity contribution in [1.82, 2.24) is 20.2 Å². The smallest absolute Gasteiger partial charge is 0.277 e. The lowest BCUT2D eigenvalue weighted by molar-refractivity contribution is 0.102. The SMILES string of the molecule is Cc1ncccc1-c1csc(NC(=O)c2ccc(N3CCOCC3)nn2)n1. The molecular formula is C18H18N6O2S. The number of anilines is 2. The van der Waals surface area contributed by atoms with Gasteiger partial charge in [0.25, 0.3) is 5.91 Å². The first kappa shape index (κ1) is 17.5. The first-order valence-corrected chi connectivity index (χ1v) is 9.44. The van der Waals surface area contributed by atoms with Crippen LogP contribution in [0.1, 0.15) is 16.2 Å². The molecule has 8 nitrogen and oxygen atoms in total. The maximum Gasteiger partial charge on any atom is 0.277 e. The number of hydrogen-bond acceptors (Lipinski definition) is 8. The van der Waals surface area contributed by atoms with Crippen LogP contribution in [0.25, 0.3) is 11.3 Å². The average Bonchev–Trinajstić information content (AvgIpc) is 3.17. The standard InChI is InChI=1S/C18H18N6O2S/c1-12-13(3-2-6-19-12)15-11-27-18(20-15)21-17(25)14-4-5-16(23-22-14)24-7-9-26-10-8-24/h2-6,11H,7-10H2,1H3,(H,20,21,25). The van der Waals surface area contributed by atoms with E-state index in [0.29, 0.717) is 18.3 Å². The maximum atomic E-state index is 12.4. The van der Waals surface area contributed by atoms with Crippen LogP contribution in [-0.2, 0) is 4.74 Å². The van der Waals surface area contributed by atoms with E-state index in [4.69, 9.17) is 4.74 Å². The van der Waals surface area contributed by atoms with Crippen molar-refractivity contribution in [3.63, 3.8) is 0 Å². The first-order valence-electron chi connectivity index (χ1n) is 8.56. The van der Waals surface area contributed by atoms with Gasteiger partial charge in [-0.25, -0.2) is 4.98 Å². The van der Waals surface area contributed by atoms with E-state index < -0.39 is 0 Å². The predicted molar refractivity (Wildman–Crippen MR) is 103 cm³/mol. The highest BCUT2D eigenvalue weighted by Gasteiger charge is 2.16. The molecule has 0 aromatic carbocycles. The van der Waals surface area contributed by atoms with Crippen LogP contribution in [0, 0.1) is 6.92 Å². The molecule has 0 bridgehead atoms. The highest BCUT2D eigenvalue weighted by Crippen LogP contribution is 2.26. The van der Waals surface area contributed by atoms with Gasteiger partial charge >= 0.3 is 0 Å². The second-order valence-electron chi connectivity index (χ2n) is 6.00. The number of aryl methyl sites for hydroxylation is 1. The van der Waals surface area contributed by atoms with Crippen LogP contribution in [0.3, 0.4) is 0 Å². The molecule has 3 aromatic heterocycles. The van der Waals surface area contributed by atoms with Crippen LogP contribution in [0.2, 0.25) is 0 Å². The van der Waals surface area contributed by atoms with Gasteiger partial charge in [0.15, 0.2) is 16.6 Å². The number of aromatic nitrogens is 4. The molecule has 4 heterocycles. The molecule has 0 saturated carbocycles. The highest BCUT2D eigenvalue weighted by atomic mass is 32.1. The summed E-state index contributed by atoms with van der Waals surface area (Å²) in [5.41, 5.74) is 2.88. The number of nitrogens with zero attached hydrogens (tertiary/aromatic N) is 5. The lowest BCUT2D eigenvalue weighted by Gasteiger charge is -2.27. The van der Waals surface area contributed by atoms with Crippen molar-refractivity contribution >= 4 is 28.2 Å². The van der Waals surface area contributed by atoms with E-state index in [-0.39, 0.29) is 11.6 Å². The van der Waals surface area contributed by atoms with Crippen molar-refractivity contribution in [3.8, 4) is 11.3 Å². The van der Waals surface area contributed by atoms with E-state index in [1.165, 1.54) is 11.3 Å². The molecule has 1 N–H and O–H groups in total. The minimum absolute atomic E-state index is 0.251.